The highest BCUT2D eigenvalue weighted by molar-refractivity contribution is 5.84. The van der Waals surface area contributed by atoms with Crippen molar-refractivity contribution in [2.75, 3.05) is 33.7 Å². The van der Waals surface area contributed by atoms with Crippen LogP contribution in [-0.4, -0.2) is 55.3 Å². The van der Waals surface area contributed by atoms with E-state index in [1.165, 1.54) is 12.1 Å². The minimum Gasteiger partial charge on any atom is -0.354 e. The summed E-state index contributed by atoms with van der Waals surface area (Å²) in [5.41, 5.74) is 0.596. The van der Waals surface area contributed by atoms with Crippen molar-refractivity contribution in [1.29, 1.82) is 0 Å². The van der Waals surface area contributed by atoms with E-state index in [9.17, 15) is 14.0 Å². The topological polar surface area (TPSA) is 52.7 Å². The average Bonchev–Trinajstić information content (AvgIpc) is 2.55. The minimum atomic E-state index is -0.582. The van der Waals surface area contributed by atoms with Gasteiger partial charge in [0.05, 0.1) is 0 Å². The van der Waals surface area contributed by atoms with Crippen LogP contribution < -0.4 is 5.32 Å². The monoisotopic (exact) mass is 349 g/mol. The maximum absolute atomic E-state index is 13.4. The third kappa shape index (κ3) is 5.53. The van der Waals surface area contributed by atoms with Crippen LogP contribution in [0.3, 0.4) is 0 Å². The third-order valence-electron chi connectivity index (χ3n) is 4.70. The molecular weight excluding hydrogens is 321 g/mol. The fraction of sp³-hybridized carbons (Fsp3) is 0.579. The predicted molar refractivity (Wildman–Crippen MR) is 95.4 cm³/mol. The number of carbonyl (C=O) groups excluding carboxylic acids is 2. The molecule has 0 aliphatic carbocycles. The highest BCUT2D eigenvalue weighted by atomic mass is 19.1. The van der Waals surface area contributed by atoms with Gasteiger partial charge in [0.1, 0.15) is 11.9 Å². The number of halogens is 1. The molecule has 1 aromatic rings. The molecule has 2 amide bonds. The van der Waals surface area contributed by atoms with Gasteiger partial charge in [-0.25, -0.2) is 4.39 Å². The van der Waals surface area contributed by atoms with Gasteiger partial charge in [-0.1, -0.05) is 19.1 Å². The number of benzene rings is 1. The summed E-state index contributed by atoms with van der Waals surface area (Å²) in [7, 11) is 3.55. The molecular formula is C19H28FN3O2. The molecule has 1 unspecified atom stereocenters. The number of nitrogens with zero attached hydrogens (tertiary/aromatic N) is 2. The van der Waals surface area contributed by atoms with Crippen molar-refractivity contribution in [1.82, 2.24) is 15.1 Å². The summed E-state index contributed by atoms with van der Waals surface area (Å²) in [6, 6.07) is 5.46. The first kappa shape index (κ1) is 19.4. The molecule has 0 aromatic heterocycles. The number of likely N-dealkylation sites (tertiary alicyclic amines) is 1. The van der Waals surface area contributed by atoms with Crippen LogP contribution in [0.25, 0.3) is 0 Å². The van der Waals surface area contributed by atoms with Crippen molar-refractivity contribution in [3.63, 3.8) is 0 Å². The summed E-state index contributed by atoms with van der Waals surface area (Å²) in [5, 5.41) is 2.81. The molecule has 2 rings (SSSR count). The van der Waals surface area contributed by atoms with E-state index in [1.807, 2.05) is 4.90 Å². The molecule has 1 saturated heterocycles. The second-order valence-corrected chi connectivity index (χ2v) is 7.03. The standard InChI is InChI=1S/C19H28FN3O2/c1-14-8-11-23(12-9-14)17(24)7-10-21-19(25)18(22(2)3)15-5-4-6-16(20)13-15/h4-6,13-14,18H,7-12H2,1-3H3,(H,21,25). The van der Waals surface area contributed by atoms with Crippen molar-refractivity contribution in [2.45, 2.75) is 32.2 Å². The molecule has 1 heterocycles. The van der Waals surface area contributed by atoms with E-state index < -0.39 is 6.04 Å². The van der Waals surface area contributed by atoms with Gasteiger partial charge in [-0.15, -0.1) is 0 Å². The second-order valence-electron chi connectivity index (χ2n) is 7.03. The summed E-state index contributed by atoms with van der Waals surface area (Å²) in [6.45, 7) is 4.11. The van der Waals surface area contributed by atoms with E-state index in [0.29, 0.717) is 24.4 Å². The fourth-order valence-electron chi connectivity index (χ4n) is 3.17. The molecule has 25 heavy (non-hydrogen) atoms. The number of rotatable bonds is 6. The Hall–Kier alpha value is -1.95. The van der Waals surface area contributed by atoms with Gasteiger partial charge in [0.15, 0.2) is 0 Å². The molecule has 5 nitrogen and oxygen atoms in total. The highest BCUT2D eigenvalue weighted by Gasteiger charge is 2.24. The molecule has 1 aliphatic heterocycles. The number of hydrogen-bond acceptors (Lipinski definition) is 3. The predicted octanol–water partition coefficient (Wildman–Crippen LogP) is 2.19. The fourth-order valence-corrected chi connectivity index (χ4v) is 3.17. The first-order chi connectivity index (χ1) is 11.9. The zero-order chi connectivity index (χ0) is 18.4. The summed E-state index contributed by atoms with van der Waals surface area (Å²) < 4.78 is 13.4. The van der Waals surface area contributed by atoms with Crippen LogP contribution in [0.2, 0.25) is 0 Å². The number of hydrogen-bond donors (Lipinski definition) is 1. The molecule has 1 atom stereocenters. The largest absolute Gasteiger partial charge is 0.354 e. The summed E-state index contributed by atoms with van der Waals surface area (Å²) in [5.74, 6) is 0.164. The van der Waals surface area contributed by atoms with Gasteiger partial charge < -0.3 is 10.2 Å². The van der Waals surface area contributed by atoms with Gasteiger partial charge in [-0.3, -0.25) is 14.5 Å². The van der Waals surface area contributed by atoms with E-state index in [0.717, 1.165) is 25.9 Å². The van der Waals surface area contributed by atoms with Crippen LogP contribution in [0.4, 0.5) is 4.39 Å². The van der Waals surface area contributed by atoms with Gasteiger partial charge >= 0.3 is 0 Å². The number of likely N-dealkylation sites (N-methyl/N-ethyl adjacent to an activating group) is 1. The number of nitrogens with one attached hydrogen (secondary N) is 1. The first-order valence-corrected chi connectivity index (χ1v) is 8.86. The molecule has 1 N–H and O–H groups in total. The lowest BCUT2D eigenvalue weighted by atomic mass is 9.99. The Morgan fingerprint density at radius 2 is 2.00 bits per heavy atom. The van der Waals surface area contributed by atoms with Crippen LogP contribution in [0.15, 0.2) is 24.3 Å². The van der Waals surface area contributed by atoms with E-state index in [-0.39, 0.29) is 17.6 Å². The van der Waals surface area contributed by atoms with E-state index in [1.54, 1.807) is 31.1 Å². The van der Waals surface area contributed by atoms with E-state index in [2.05, 4.69) is 12.2 Å². The number of piperidine rings is 1. The molecule has 1 aliphatic rings. The van der Waals surface area contributed by atoms with Crippen LogP contribution in [0.5, 0.6) is 0 Å². The van der Waals surface area contributed by atoms with E-state index >= 15 is 0 Å². The lowest BCUT2D eigenvalue weighted by Gasteiger charge is -2.30. The Morgan fingerprint density at radius 1 is 1.32 bits per heavy atom. The van der Waals surface area contributed by atoms with Crippen molar-refractivity contribution >= 4 is 11.8 Å². The maximum atomic E-state index is 13.4. The quantitative estimate of drug-likeness (QED) is 0.857. The zero-order valence-corrected chi connectivity index (χ0v) is 15.3. The molecule has 0 bridgehead atoms. The lowest BCUT2D eigenvalue weighted by molar-refractivity contribution is -0.132. The SMILES string of the molecule is CC1CCN(C(=O)CCNC(=O)C(c2cccc(F)c2)N(C)C)CC1. The van der Waals surface area contributed by atoms with Crippen LogP contribution in [0, 0.1) is 11.7 Å². The second kappa shape index (κ2) is 8.94. The normalized spacial score (nSPS) is 16.8. The Bertz CT molecular complexity index is 598. The van der Waals surface area contributed by atoms with Crippen molar-refractivity contribution in [3.05, 3.63) is 35.6 Å². The van der Waals surface area contributed by atoms with Gasteiger partial charge in [0.25, 0.3) is 0 Å². The first-order valence-electron chi connectivity index (χ1n) is 8.86. The van der Waals surface area contributed by atoms with Crippen LogP contribution in [-0.2, 0) is 9.59 Å². The number of carbonyl (C=O) groups is 2. The summed E-state index contributed by atoms with van der Waals surface area (Å²) in [4.78, 5) is 28.3. The van der Waals surface area contributed by atoms with Crippen molar-refractivity contribution in [2.24, 2.45) is 5.92 Å². The Balaban J connectivity index is 1.86. The molecule has 6 heteroatoms. The third-order valence-corrected chi connectivity index (χ3v) is 4.70. The zero-order valence-electron chi connectivity index (χ0n) is 15.3. The van der Waals surface area contributed by atoms with Crippen LogP contribution >= 0.6 is 0 Å². The lowest BCUT2D eigenvalue weighted by Crippen LogP contribution is -2.41. The van der Waals surface area contributed by atoms with E-state index in [4.69, 9.17) is 0 Å². The van der Waals surface area contributed by atoms with Gasteiger partial charge in [0, 0.05) is 26.1 Å². The minimum absolute atomic E-state index is 0.0827. The Morgan fingerprint density at radius 3 is 2.60 bits per heavy atom. The maximum Gasteiger partial charge on any atom is 0.241 e. The van der Waals surface area contributed by atoms with Gasteiger partial charge in [-0.05, 0) is 50.6 Å². The summed E-state index contributed by atoms with van der Waals surface area (Å²) >= 11 is 0. The van der Waals surface area contributed by atoms with Crippen LogP contribution in [0.1, 0.15) is 37.8 Å². The smallest absolute Gasteiger partial charge is 0.241 e. The molecule has 0 saturated carbocycles. The van der Waals surface area contributed by atoms with Gasteiger partial charge in [0.2, 0.25) is 11.8 Å². The highest BCUT2D eigenvalue weighted by Crippen LogP contribution is 2.19. The van der Waals surface area contributed by atoms with Crippen molar-refractivity contribution in [3.8, 4) is 0 Å². The molecule has 0 spiro atoms. The molecule has 138 valence electrons. The Kier molecular flexibility index (Phi) is 6.93. The number of amides is 2. The Labute approximate surface area is 149 Å². The molecule has 1 aromatic carbocycles. The molecule has 1 fully saturated rings. The van der Waals surface area contributed by atoms with Gasteiger partial charge in [-0.2, -0.15) is 0 Å². The average molecular weight is 349 g/mol. The summed E-state index contributed by atoms with van der Waals surface area (Å²) in [6.07, 6.45) is 2.38. The molecule has 0 radical (unpaired) electrons. The van der Waals surface area contributed by atoms with Crippen molar-refractivity contribution < 1.29 is 14.0 Å².